The number of ketones is 1. The van der Waals surface area contributed by atoms with Crippen molar-refractivity contribution in [3.05, 3.63) is 64.1 Å². The van der Waals surface area contributed by atoms with Crippen molar-refractivity contribution >= 4 is 23.5 Å². The van der Waals surface area contributed by atoms with Gasteiger partial charge >= 0.3 is 5.97 Å². The quantitative estimate of drug-likeness (QED) is 0.222. The summed E-state index contributed by atoms with van der Waals surface area (Å²) in [5.41, 5.74) is 5.94. The first kappa shape index (κ1) is 25.3. The van der Waals surface area contributed by atoms with Crippen molar-refractivity contribution in [3.63, 3.8) is 0 Å². The molecule has 0 aliphatic carbocycles. The van der Waals surface area contributed by atoms with E-state index in [-0.39, 0.29) is 11.8 Å². The summed E-state index contributed by atoms with van der Waals surface area (Å²) in [5.74, 6) is 0.717. The van der Waals surface area contributed by atoms with E-state index < -0.39 is 0 Å². The van der Waals surface area contributed by atoms with E-state index in [0.29, 0.717) is 18.6 Å². The van der Waals surface area contributed by atoms with E-state index in [0.717, 1.165) is 78.1 Å². The van der Waals surface area contributed by atoms with Crippen molar-refractivity contribution < 1.29 is 19.1 Å². The fraction of sp³-hybridized carbons (Fsp3) is 0.444. The van der Waals surface area contributed by atoms with E-state index in [1.165, 1.54) is 7.11 Å². The molecule has 1 aliphatic heterocycles. The zero-order chi connectivity index (χ0) is 24.5. The van der Waals surface area contributed by atoms with Crippen molar-refractivity contribution in [1.82, 2.24) is 9.97 Å². The van der Waals surface area contributed by atoms with Gasteiger partial charge in [-0.1, -0.05) is 25.7 Å². The number of Topliss-reactive ketones (excluding diaryl/α,β-unsaturated/α-hetero) is 1. The highest BCUT2D eigenvalue weighted by Gasteiger charge is 2.20. The number of methoxy groups -OCH3 is 2. The van der Waals surface area contributed by atoms with E-state index >= 15 is 0 Å². The lowest BCUT2D eigenvalue weighted by molar-refractivity contribution is -0.140. The zero-order valence-electron chi connectivity index (χ0n) is 20.6. The van der Waals surface area contributed by atoms with Crippen LogP contribution < -0.4 is 0 Å². The molecule has 0 fully saturated rings. The molecule has 2 N–H and O–H groups in total. The predicted molar refractivity (Wildman–Crippen MR) is 134 cm³/mol. The molecule has 3 heterocycles. The normalized spacial score (nSPS) is 14.3. The fourth-order valence-corrected chi connectivity index (χ4v) is 4.27. The fourth-order valence-electron chi connectivity index (χ4n) is 4.27. The number of carbonyl (C=O) groups is 2. The molecule has 7 heteroatoms. The molecule has 0 spiro atoms. The molecule has 0 atom stereocenters. The molecule has 0 saturated heterocycles. The number of aryl methyl sites for hydroxylation is 1. The van der Waals surface area contributed by atoms with Gasteiger partial charge in [0.05, 0.1) is 25.6 Å². The first-order valence-electron chi connectivity index (χ1n) is 11.9. The monoisotopic (exact) mass is 465 g/mol. The molecule has 34 heavy (non-hydrogen) atoms. The number of ether oxygens (including phenoxy) is 2. The number of allylic oxidation sites excluding steroid dienone is 1. The van der Waals surface area contributed by atoms with E-state index in [2.05, 4.69) is 14.7 Å². The molecule has 1 aliphatic rings. The molecule has 2 aromatic heterocycles. The Balaban J connectivity index is 1.56. The lowest BCUT2D eigenvalue weighted by atomic mass is 10.00. The number of nitrogens with one attached hydrogen (secondary N) is 2. The minimum absolute atomic E-state index is 0.145. The maximum atomic E-state index is 12.9. The van der Waals surface area contributed by atoms with Crippen LogP contribution in [0.2, 0.25) is 0 Å². The van der Waals surface area contributed by atoms with Crippen molar-refractivity contribution in [2.24, 2.45) is 4.99 Å². The molecular formula is C27H35N3O4. The standard InChI is InChI=1S/C27H35N3O4/c1-18-21(16-23-25(33-3)17-22(30-23)20-12-11-15-28-20)29-19(2)27(18)24(31)13-9-7-5-6-8-10-14-26(32)34-4/h11-12,15-17,28-29H,5-10,13-14H2,1-4H3. The zero-order valence-corrected chi connectivity index (χ0v) is 20.6. The lowest BCUT2D eigenvalue weighted by Crippen LogP contribution is -2.02. The molecule has 2 aromatic rings. The number of nitrogens with zero attached hydrogens (tertiary/aromatic N) is 1. The van der Waals surface area contributed by atoms with E-state index in [1.807, 2.05) is 44.3 Å². The summed E-state index contributed by atoms with van der Waals surface area (Å²) in [7, 11) is 3.05. The number of hydrogen-bond donors (Lipinski definition) is 2. The SMILES string of the molecule is COC(=O)CCCCCCCCC(=O)c1c(C)[nH]c(C=C2N=C(c3ccc[nH]3)C=C2OC)c1C. The summed E-state index contributed by atoms with van der Waals surface area (Å²) in [5, 5.41) is 0. The van der Waals surface area contributed by atoms with Crippen molar-refractivity contribution in [3.8, 4) is 0 Å². The Morgan fingerprint density at radius 3 is 2.38 bits per heavy atom. The van der Waals surface area contributed by atoms with Crippen LogP contribution in [0.3, 0.4) is 0 Å². The molecule has 182 valence electrons. The minimum atomic E-state index is -0.145. The highest BCUT2D eigenvalue weighted by Crippen LogP contribution is 2.28. The molecule has 0 bridgehead atoms. The van der Waals surface area contributed by atoms with Gasteiger partial charge in [-0.2, -0.15) is 0 Å². The second-order valence-electron chi connectivity index (χ2n) is 8.61. The lowest BCUT2D eigenvalue weighted by Gasteiger charge is -2.04. The van der Waals surface area contributed by atoms with Crippen LogP contribution in [0.4, 0.5) is 0 Å². The predicted octanol–water partition coefficient (Wildman–Crippen LogP) is 5.81. The van der Waals surface area contributed by atoms with E-state index in [9.17, 15) is 9.59 Å². The Labute approximate surface area is 201 Å². The van der Waals surface area contributed by atoms with Crippen molar-refractivity contribution in [1.29, 1.82) is 0 Å². The number of aromatic amines is 2. The average molecular weight is 466 g/mol. The van der Waals surface area contributed by atoms with Crippen LogP contribution in [0, 0.1) is 13.8 Å². The topological polar surface area (TPSA) is 96.5 Å². The smallest absolute Gasteiger partial charge is 0.305 e. The van der Waals surface area contributed by atoms with Crippen LogP contribution >= 0.6 is 0 Å². The van der Waals surface area contributed by atoms with E-state index in [4.69, 9.17) is 9.73 Å². The van der Waals surface area contributed by atoms with Gasteiger partial charge in [0.25, 0.3) is 0 Å². The van der Waals surface area contributed by atoms with Gasteiger partial charge in [0, 0.05) is 42.1 Å². The number of hydrogen-bond acceptors (Lipinski definition) is 5. The third kappa shape index (κ3) is 6.37. The van der Waals surface area contributed by atoms with Crippen LogP contribution in [0.15, 0.2) is 40.9 Å². The number of aromatic nitrogens is 2. The summed E-state index contributed by atoms with van der Waals surface area (Å²) in [6, 6.07) is 3.90. The Hall–Kier alpha value is -3.35. The van der Waals surface area contributed by atoms with Crippen LogP contribution in [-0.2, 0) is 14.3 Å². The van der Waals surface area contributed by atoms with Crippen LogP contribution in [0.1, 0.15) is 84.4 Å². The maximum Gasteiger partial charge on any atom is 0.305 e. The van der Waals surface area contributed by atoms with Crippen LogP contribution in [0.25, 0.3) is 6.08 Å². The second-order valence-corrected chi connectivity index (χ2v) is 8.61. The number of H-pyrrole nitrogens is 2. The van der Waals surface area contributed by atoms with Gasteiger partial charge in [0.1, 0.15) is 11.5 Å². The Morgan fingerprint density at radius 1 is 1.03 bits per heavy atom. The third-order valence-electron chi connectivity index (χ3n) is 6.15. The molecule has 7 nitrogen and oxygen atoms in total. The second kappa shape index (κ2) is 12.2. The average Bonchev–Trinajstić information content (AvgIpc) is 3.55. The largest absolute Gasteiger partial charge is 0.494 e. The van der Waals surface area contributed by atoms with Gasteiger partial charge in [-0.25, -0.2) is 4.99 Å². The first-order chi connectivity index (χ1) is 16.4. The molecule has 0 unspecified atom stereocenters. The number of aliphatic imine (C=N–C) groups is 1. The van der Waals surface area contributed by atoms with Crippen LogP contribution in [0.5, 0.6) is 0 Å². The Morgan fingerprint density at radius 2 is 1.74 bits per heavy atom. The van der Waals surface area contributed by atoms with Gasteiger partial charge in [-0.15, -0.1) is 0 Å². The van der Waals surface area contributed by atoms with Gasteiger partial charge in [-0.05, 0) is 50.5 Å². The molecule has 0 aromatic carbocycles. The van der Waals surface area contributed by atoms with E-state index in [1.54, 1.807) is 7.11 Å². The number of unbranched alkanes of at least 4 members (excludes halogenated alkanes) is 5. The maximum absolute atomic E-state index is 12.9. The summed E-state index contributed by atoms with van der Waals surface area (Å²) in [6.07, 6.45) is 12.7. The molecule has 0 amide bonds. The Bertz CT molecular complexity index is 1090. The highest BCUT2D eigenvalue weighted by atomic mass is 16.5. The van der Waals surface area contributed by atoms with Crippen molar-refractivity contribution in [2.45, 2.75) is 65.2 Å². The summed E-state index contributed by atoms with van der Waals surface area (Å²) >= 11 is 0. The van der Waals surface area contributed by atoms with Gasteiger partial charge in [0.15, 0.2) is 5.78 Å². The summed E-state index contributed by atoms with van der Waals surface area (Å²) < 4.78 is 10.2. The molecule has 3 rings (SSSR count). The number of rotatable bonds is 13. The van der Waals surface area contributed by atoms with Gasteiger partial charge in [0.2, 0.25) is 0 Å². The van der Waals surface area contributed by atoms with Gasteiger partial charge < -0.3 is 19.4 Å². The number of esters is 1. The molecule has 0 saturated carbocycles. The third-order valence-corrected chi connectivity index (χ3v) is 6.15. The highest BCUT2D eigenvalue weighted by molar-refractivity contribution is 6.11. The van der Waals surface area contributed by atoms with Crippen molar-refractivity contribution in [2.75, 3.05) is 14.2 Å². The molecule has 0 radical (unpaired) electrons. The first-order valence-corrected chi connectivity index (χ1v) is 11.9. The Kier molecular flexibility index (Phi) is 9.08. The number of carbonyl (C=O) groups excluding carboxylic acids is 2. The van der Waals surface area contributed by atoms with Crippen LogP contribution in [-0.4, -0.2) is 41.7 Å². The van der Waals surface area contributed by atoms with Gasteiger partial charge in [-0.3, -0.25) is 9.59 Å². The minimum Gasteiger partial charge on any atom is -0.494 e. The summed E-state index contributed by atoms with van der Waals surface area (Å²) in [4.78, 5) is 35.3. The molecular weight excluding hydrogens is 430 g/mol. The summed E-state index contributed by atoms with van der Waals surface area (Å²) in [6.45, 7) is 3.92.